The van der Waals surface area contributed by atoms with E-state index in [0.717, 1.165) is 11.3 Å². The van der Waals surface area contributed by atoms with E-state index in [1.54, 1.807) is 36.4 Å². The number of amides is 1. The maximum absolute atomic E-state index is 12.8. The number of carbonyl (C=O) groups is 2. The Bertz CT molecular complexity index is 684. The van der Waals surface area contributed by atoms with Crippen LogP contribution in [0.2, 0.25) is 0 Å². The van der Waals surface area contributed by atoms with Crippen molar-refractivity contribution in [2.24, 2.45) is 0 Å². The molecule has 0 saturated carbocycles. The molecule has 0 fully saturated rings. The molecule has 5 heteroatoms. The van der Waals surface area contributed by atoms with Gasteiger partial charge in [0.2, 0.25) is 5.91 Å². The van der Waals surface area contributed by atoms with E-state index >= 15 is 0 Å². The molecule has 2 rings (SSSR count). The molecule has 0 radical (unpaired) electrons. The van der Waals surface area contributed by atoms with Crippen LogP contribution < -0.4 is 10.6 Å². The van der Waals surface area contributed by atoms with E-state index in [0.29, 0.717) is 18.5 Å². The minimum Gasteiger partial charge on any atom is -0.376 e. The number of benzene rings is 2. The van der Waals surface area contributed by atoms with Crippen molar-refractivity contribution in [2.75, 3.05) is 18.4 Å². The van der Waals surface area contributed by atoms with E-state index in [2.05, 4.69) is 10.6 Å². The van der Waals surface area contributed by atoms with Gasteiger partial charge in [0.05, 0.1) is 6.54 Å². The van der Waals surface area contributed by atoms with Crippen LogP contribution in [0.1, 0.15) is 22.8 Å². The van der Waals surface area contributed by atoms with Crippen LogP contribution in [0.3, 0.4) is 0 Å². The van der Waals surface area contributed by atoms with Gasteiger partial charge in [0.1, 0.15) is 5.82 Å². The topological polar surface area (TPSA) is 58.2 Å². The summed E-state index contributed by atoms with van der Waals surface area (Å²) in [6.07, 6.45) is 0.645. The number of Topliss-reactive ketones (excluding diaryl/α,β-unsaturated/α-hetero) is 1. The molecule has 2 N–H and O–H groups in total. The van der Waals surface area contributed by atoms with Gasteiger partial charge in [-0.15, -0.1) is 0 Å². The standard InChI is InChI=1S/C18H19FN2O2/c1-13(22)15-3-2-4-17(11-15)21-12-18(23)20-10-9-14-5-7-16(19)8-6-14/h2-8,11,21H,9-10,12H2,1H3,(H,20,23). The molecule has 1 amide bonds. The summed E-state index contributed by atoms with van der Waals surface area (Å²) in [5, 5.41) is 5.77. The largest absolute Gasteiger partial charge is 0.376 e. The van der Waals surface area contributed by atoms with Crippen LogP contribution >= 0.6 is 0 Å². The molecule has 0 atom stereocenters. The lowest BCUT2D eigenvalue weighted by atomic mass is 10.1. The number of halogens is 1. The van der Waals surface area contributed by atoms with Gasteiger partial charge in [0.15, 0.2) is 5.78 Å². The van der Waals surface area contributed by atoms with E-state index in [-0.39, 0.29) is 24.1 Å². The van der Waals surface area contributed by atoms with Gasteiger partial charge < -0.3 is 10.6 Å². The van der Waals surface area contributed by atoms with E-state index < -0.39 is 0 Å². The van der Waals surface area contributed by atoms with Crippen LogP contribution in [0.4, 0.5) is 10.1 Å². The van der Waals surface area contributed by atoms with Gasteiger partial charge in [-0.05, 0) is 43.2 Å². The Morgan fingerprint density at radius 3 is 2.52 bits per heavy atom. The van der Waals surface area contributed by atoms with Gasteiger partial charge in [-0.3, -0.25) is 9.59 Å². The summed E-state index contributed by atoms with van der Waals surface area (Å²) < 4.78 is 12.8. The summed E-state index contributed by atoms with van der Waals surface area (Å²) in [6, 6.07) is 13.2. The number of carbonyl (C=O) groups excluding carboxylic acids is 2. The Morgan fingerprint density at radius 2 is 1.83 bits per heavy atom. The van der Waals surface area contributed by atoms with Crippen LogP contribution in [0, 0.1) is 5.82 Å². The van der Waals surface area contributed by atoms with Crippen molar-refractivity contribution in [3.05, 3.63) is 65.5 Å². The fraction of sp³-hybridized carbons (Fsp3) is 0.222. The third kappa shape index (κ3) is 5.54. The zero-order valence-electron chi connectivity index (χ0n) is 12.9. The van der Waals surface area contributed by atoms with Crippen molar-refractivity contribution in [3.8, 4) is 0 Å². The number of rotatable bonds is 7. The molecule has 0 aromatic heterocycles. The van der Waals surface area contributed by atoms with Crippen LogP contribution in [-0.4, -0.2) is 24.8 Å². The minimum absolute atomic E-state index is 0.0163. The molecule has 2 aromatic rings. The quantitative estimate of drug-likeness (QED) is 0.773. The molecular weight excluding hydrogens is 295 g/mol. The van der Waals surface area contributed by atoms with Gasteiger partial charge in [0, 0.05) is 17.8 Å². The summed E-state index contributed by atoms with van der Waals surface area (Å²) >= 11 is 0. The Labute approximate surface area is 134 Å². The maximum Gasteiger partial charge on any atom is 0.239 e. The minimum atomic E-state index is -0.269. The fourth-order valence-corrected chi connectivity index (χ4v) is 2.09. The van der Waals surface area contributed by atoms with Gasteiger partial charge >= 0.3 is 0 Å². The first-order chi connectivity index (χ1) is 11.0. The predicted molar refractivity (Wildman–Crippen MR) is 88.0 cm³/mol. The van der Waals surface area contributed by atoms with Gasteiger partial charge in [0.25, 0.3) is 0 Å². The number of hydrogen-bond acceptors (Lipinski definition) is 3. The molecule has 4 nitrogen and oxygen atoms in total. The highest BCUT2D eigenvalue weighted by atomic mass is 19.1. The molecule has 120 valence electrons. The Balaban J connectivity index is 1.73. The predicted octanol–water partition coefficient (Wildman–Crippen LogP) is 2.80. The molecule has 0 saturated heterocycles. The number of ketones is 1. The molecule has 2 aromatic carbocycles. The SMILES string of the molecule is CC(=O)c1cccc(NCC(=O)NCCc2ccc(F)cc2)c1. The summed E-state index contributed by atoms with van der Waals surface area (Å²) in [4.78, 5) is 23.1. The lowest BCUT2D eigenvalue weighted by Gasteiger charge is -2.08. The van der Waals surface area contributed by atoms with Crippen LogP contribution in [0.5, 0.6) is 0 Å². The third-order valence-corrected chi connectivity index (χ3v) is 3.37. The Morgan fingerprint density at radius 1 is 1.09 bits per heavy atom. The molecule has 23 heavy (non-hydrogen) atoms. The smallest absolute Gasteiger partial charge is 0.239 e. The van der Waals surface area contributed by atoms with E-state index in [1.807, 2.05) is 0 Å². The lowest BCUT2D eigenvalue weighted by Crippen LogP contribution is -2.31. The first-order valence-corrected chi connectivity index (χ1v) is 7.40. The molecule has 0 spiro atoms. The van der Waals surface area contributed by atoms with E-state index in [9.17, 15) is 14.0 Å². The van der Waals surface area contributed by atoms with Crippen molar-refractivity contribution >= 4 is 17.4 Å². The average Bonchev–Trinajstić information content (AvgIpc) is 2.55. The molecule has 0 aliphatic rings. The average molecular weight is 314 g/mol. The van der Waals surface area contributed by atoms with E-state index in [4.69, 9.17) is 0 Å². The maximum atomic E-state index is 12.8. The molecule has 0 bridgehead atoms. The number of anilines is 1. The zero-order chi connectivity index (χ0) is 16.7. The second-order valence-electron chi connectivity index (χ2n) is 5.22. The van der Waals surface area contributed by atoms with Crippen molar-refractivity contribution in [2.45, 2.75) is 13.3 Å². The first-order valence-electron chi connectivity index (χ1n) is 7.40. The van der Waals surface area contributed by atoms with E-state index in [1.165, 1.54) is 19.1 Å². The van der Waals surface area contributed by atoms with Gasteiger partial charge in [-0.2, -0.15) is 0 Å². The number of nitrogens with one attached hydrogen (secondary N) is 2. The van der Waals surface area contributed by atoms with Gasteiger partial charge in [-0.25, -0.2) is 4.39 Å². The summed E-state index contributed by atoms with van der Waals surface area (Å²) in [5.41, 5.74) is 2.30. The molecule has 0 aliphatic carbocycles. The molecule has 0 aliphatic heterocycles. The fourth-order valence-electron chi connectivity index (χ4n) is 2.09. The lowest BCUT2D eigenvalue weighted by molar-refractivity contribution is -0.119. The monoisotopic (exact) mass is 314 g/mol. The van der Waals surface area contributed by atoms with Crippen molar-refractivity contribution in [1.82, 2.24) is 5.32 Å². The highest BCUT2D eigenvalue weighted by Crippen LogP contribution is 2.10. The second kappa shape index (κ2) is 8.08. The molecule has 0 unspecified atom stereocenters. The van der Waals surface area contributed by atoms with Crippen LogP contribution in [0.15, 0.2) is 48.5 Å². The van der Waals surface area contributed by atoms with Crippen molar-refractivity contribution in [3.63, 3.8) is 0 Å². The Hall–Kier alpha value is -2.69. The summed E-state index contributed by atoms with van der Waals surface area (Å²) in [6.45, 7) is 2.12. The molecule has 0 heterocycles. The van der Waals surface area contributed by atoms with Crippen molar-refractivity contribution in [1.29, 1.82) is 0 Å². The second-order valence-corrected chi connectivity index (χ2v) is 5.22. The normalized spacial score (nSPS) is 10.2. The first kappa shape index (κ1) is 16.7. The third-order valence-electron chi connectivity index (χ3n) is 3.37. The summed E-state index contributed by atoms with van der Waals surface area (Å²) in [5.74, 6) is -0.424. The van der Waals surface area contributed by atoms with Gasteiger partial charge in [-0.1, -0.05) is 24.3 Å². The van der Waals surface area contributed by atoms with Crippen LogP contribution in [0.25, 0.3) is 0 Å². The highest BCUT2D eigenvalue weighted by Gasteiger charge is 2.03. The van der Waals surface area contributed by atoms with Crippen LogP contribution in [-0.2, 0) is 11.2 Å². The zero-order valence-corrected chi connectivity index (χ0v) is 12.9. The Kier molecular flexibility index (Phi) is 5.86. The number of hydrogen-bond donors (Lipinski definition) is 2. The summed E-state index contributed by atoms with van der Waals surface area (Å²) in [7, 11) is 0. The van der Waals surface area contributed by atoms with Crippen molar-refractivity contribution < 1.29 is 14.0 Å². The highest BCUT2D eigenvalue weighted by molar-refractivity contribution is 5.95. The molecular formula is C18H19FN2O2.